The molecule has 0 aliphatic heterocycles. The van der Waals surface area contributed by atoms with Crippen molar-refractivity contribution in [3.8, 4) is 11.5 Å². The Morgan fingerprint density at radius 1 is 1.21 bits per heavy atom. The maximum atomic E-state index is 12.1. The molecule has 0 spiro atoms. The first-order chi connectivity index (χ1) is 9.06. The van der Waals surface area contributed by atoms with Crippen LogP contribution in [-0.4, -0.2) is 33.4 Å². The summed E-state index contributed by atoms with van der Waals surface area (Å²) in [6.45, 7) is -0.0996. The van der Waals surface area contributed by atoms with E-state index in [2.05, 4.69) is 5.32 Å². The number of aliphatic hydroxyl groups is 1. The number of aliphatic hydroxyl groups excluding tert-OH is 1. The second-order valence-corrected chi connectivity index (χ2v) is 5.15. The number of aromatic hydroxyl groups is 2. The summed E-state index contributed by atoms with van der Waals surface area (Å²) in [7, 11) is 0. The van der Waals surface area contributed by atoms with Gasteiger partial charge in [-0.1, -0.05) is 19.3 Å². The van der Waals surface area contributed by atoms with E-state index in [9.17, 15) is 20.1 Å². The molecule has 1 aliphatic rings. The maximum absolute atomic E-state index is 12.1. The average molecular weight is 265 g/mol. The first-order valence-corrected chi connectivity index (χ1v) is 6.52. The number of nitrogens with one attached hydrogen (secondary N) is 1. The van der Waals surface area contributed by atoms with Crippen molar-refractivity contribution in [3.63, 3.8) is 0 Å². The van der Waals surface area contributed by atoms with Crippen LogP contribution in [0.4, 0.5) is 0 Å². The number of benzene rings is 1. The van der Waals surface area contributed by atoms with Gasteiger partial charge in [0.25, 0.3) is 5.91 Å². The summed E-state index contributed by atoms with van der Waals surface area (Å²) in [5.74, 6) is -0.779. The summed E-state index contributed by atoms with van der Waals surface area (Å²) in [6.07, 6.45) is 4.55. The van der Waals surface area contributed by atoms with Gasteiger partial charge in [-0.2, -0.15) is 0 Å². The minimum absolute atomic E-state index is 0.0939. The zero-order chi connectivity index (χ0) is 13.9. The summed E-state index contributed by atoms with van der Waals surface area (Å²) in [5.41, 5.74) is -0.476. The third kappa shape index (κ3) is 2.98. The molecule has 19 heavy (non-hydrogen) atoms. The molecule has 0 aromatic heterocycles. The number of phenols is 2. The smallest absolute Gasteiger partial charge is 0.255 e. The van der Waals surface area contributed by atoms with E-state index in [1.54, 1.807) is 0 Å². The Morgan fingerprint density at radius 3 is 2.47 bits per heavy atom. The molecule has 1 fully saturated rings. The summed E-state index contributed by atoms with van der Waals surface area (Å²) >= 11 is 0. The fourth-order valence-electron chi connectivity index (χ4n) is 2.57. The Hall–Kier alpha value is -1.75. The molecule has 0 bridgehead atoms. The van der Waals surface area contributed by atoms with Crippen LogP contribution in [0.3, 0.4) is 0 Å². The van der Waals surface area contributed by atoms with Gasteiger partial charge >= 0.3 is 0 Å². The molecule has 2 rings (SSSR count). The lowest BCUT2D eigenvalue weighted by atomic mass is 9.82. The normalized spacial score (nSPS) is 17.9. The molecule has 1 aromatic rings. The number of carbonyl (C=O) groups excluding carboxylic acids is 1. The Balaban J connectivity index is 2.15. The van der Waals surface area contributed by atoms with Crippen molar-refractivity contribution in [3.05, 3.63) is 23.8 Å². The van der Waals surface area contributed by atoms with Crippen LogP contribution in [0.5, 0.6) is 11.5 Å². The highest BCUT2D eigenvalue weighted by atomic mass is 16.3. The predicted octanol–water partition coefficient (Wildman–Crippen LogP) is 1.52. The van der Waals surface area contributed by atoms with Gasteiger partial charge in [-0.15, -0.1) is 0 Å². The number of rotatable bonds is 3. The first kappa shape index (κ1) is 13.7. The van der Waals surface area contributed by atoms with Gasteiger partial charge in [-0.25, -0.2) is 0 Å². The fraction of sp³-hybridized carbons (Fsp3) is 0.500. The lowest BCUT2D eigenvalue weighted by molar-refractivity contribution is 0.0756. The van der Waals surface area contributed by atoms with Gasteiger partial charge in [-0.05, 0) is 25.0 Å². The van der Waals surface area contributed by atoms with E-state index in [0.717, 1.165) is 38.2 Å². The largest absolute Gasteiger partial charge is 0.508 e. The van der Waals surface area contributed by atoms with Gasteiger partial charge in [0, 0.05) is 6.07 Å². The summed E-state index contributed by atoms with van der Waals surface area (Å²) in [6, 6.07) is 3.84. The van der Waals surface area contributed by atoms with E-state index in [-0.39, 0.29) is 23.7 Å². The molecule has 4 N–H and O–H groups in total. The summed E-state index contributed by atoms with van der Waals surface area (Å²) in [5, 5.41) is 31.2. The van der Waals surface area contributed by atoms with E-state index in [1.807, 2.05) is 0 Å². The van der Waals surface area contributed by atoms with Gasteiger partial charge in [0.2, 0.25) is 0 Å². The molecule has 1 saturated carbocycles. The predicted molar refractivity (Wildman–Crippen MR) is 70.1 cm³/mol. The molecule has 0 saturated heterocycles. The lowest BCUT2D eigenvalue weighted by Gasteiger charge is -2.36. The second kappa shape index (κ2) is 5.48. The highest BCUT2D eigenvalue weighted by Crippen LogP contribution is 2.29. The lowest BCUT2D eigenvalue weighted by Crippen LogP contribution is -2.52. The fourth-order valence-corrected chi connectivity index (χ4v) is 2.57. The van der Waals surface area contributed by atoms with E-state index < -0.39 is 11.4 Å². The summed E-state index contributed by atoms with van der Waals surface area (Å²) in [4.78, 5) is 12.1. The molecule has 0 heterocycles. The molecular weight excluding hydrogens is 246 g/mol. The van der Waals surface area contributed by atoms with Crippen molar-refractivity contribution in [2.24, 2.45) is 0 Å². The Labute approximate surface area is 111 Å². The van der Waals surface area contributed by atoms with Gasteiger partial charge in [-0.3, -0.25) is 4.79 Å². The second-order valence-electron chi connectivity index (χ2n) is 5.15. The Bertz CT molecular complexity index is 467. The molecular formula is C14H19NO4. The topological polar surface area (TPSA) is 89.8 Å². The molecule has 5 nitrogen and oxygen atoms in total. The van der Waals surface area contributed by atoms with Crippen molar-refractivity contribution in [1.82, 2.24) is 5.32 Å². The van der Waals surface area contributed by atoms with Crippen molar-refractivity contribution >= 4 is 5.91 Å². The third-order valence-corrected chi connectivity index (χ3v) is 3.72. The third-order valence-electron chi connectivity index (χ3n) is 3.72. The van der Waals surface area contributed by atoms with Crippen LogP contribution in [0.1, 0.15) is 42.5 Å². The monoisotopic (exact) mass is 265 g/mol. The Kier molecular flexibility index (Phi) is 3.95. The van der Waals surface area contributed by atoms with Crippen molar-refractivity contribution in [2.45, 2.75) is 37.6 Å². The van der Waals surface area contributed by atoms with Crippen LogP contribution in [0.25, 0.3) is 0 Å². The van der Waals surface area contributed by atoms with E-state index >= 15 is 0 Å². The SMILES string of the molecule is O=C(NC1(CO)CCCCC1)c1ccc(O)cc1O. The minimum Gasteiger partial charge on any atom is -0.508 e. The zero-order valence-electron chi connectivity index (χ0n) is 10.7. The van der Waals surface area contributed by atoms with Crippen LogP contribution >= 0.6 is 0 Å². The van der Waals surface area contributed by atoms with E-state index in [1.165, 1.54) is 12.1 Å². The van der Waals surface area contributed by atoms with E-state index in [4.69, 9.17) is 0 Å². The highest BCUT2D eigenvalue weighted by molar-refractivity contribution is 5.97. The highest BCUT2D eigenvalue weighted by Gasteiger charge is 2.33. The van der Waals surface area contributed by atoms with E-state index in [0.29, 0.717) is 0 Å². The molecule has 1 aromatic carbocycles. The number of hydrogen-bond donors (Lipinski definition) is 4. The van der Waals surface area contributed by atoms with Crippen LogP contribution in [0, 0.1) is 0 Å². The number of amides is 1. The zero-order valence-corrected chi connectivity index (χ0v) is 10.7. The minimum atomic E-state index is -0.584. The van der Waals surface area contributed by atoms with Gasteiger partial charge < -0.3 is 20.6 Å². The van der Waals surface area contributed by atoms with Gasteiger partial charge in [0.15, 0.2) is 0 Å². The van der Waals surface area contributed by atoms with Crippen LogP contribution in [0.15, 0.2) is 18.2 Å². The van der Waals surface area contributed by atoms with Crippen LogP contribution in [-0.2, 0) is 0 Å². The first-order valence-electron chi connectivity index (χ1n) is 6.52. The van der Waals surface area contributed by atoms with Gasteiger partial charge in [0.1, 0.15) is 11.5 Å². The number of phenolic OH excluding ortho intramolecular Hbond substituents is 2. The molecule has 104 valence electrons. The number of hydrogen-bond acceptors (Lipinski definition) is 4. The standard InChI is InChI=1S/C14H19NO4/c16-9-14(6-2-1-3-7-14)15-13(19)11-5-4-10(17)8-12(11)18/h4-5,8,16-18H,1-3,6-7,9H2,(H,15,19). The molecule has 0 radical (unpaired) electrons. The van der Waals surface area contributed by atoms with Crippen molar-refractivity contribution in [1.29, 1.82) is 0 Å². The van der Waals surface area contributed by atoms with Crippen LogP contribution < -0.4 is 5.32 Å². The van der Waals surface area contributed by atoms with Crippen molar-refractivity contribution < 1.29 is 20.1 Å². The van der Waals surface area contributed by atoms with Crippen LogP contribution in [0.2, 0.25) is 0 Å². The molecule has 5 heteroatoms. The maximum Gasteiger partial charge on any atom is 0.255 e. The average Bonchev–Trinajstić information content (AvgIpc) is 2.39. The summed E-state index contributed by atoms with van der Waals surface area (Å²) < 4.78 is 0. The molecule has 0 unspecified atom stereocenters. The van der Waals surface area contributed by atoms with Gasteiger partial charge in [0.05, 0.1) is 17.7 Å². The molecule has 0 atom stereocenters. The molecule has 1 amide bonds. The molecule has 1 aliphatic carbocycles. The van der Waals surface area contributed by atoms with Crippen molar-refractivity contribution in [2.75, 3.05) is 6.61 Å². The number of carbonyl (C=O) groups is 1. The quantitative estimate of drug-likeness (QED) is 0.667. The Morgan fingerprint density at radius 2 is 1.89 bits per heavy atom.